The van der Waals surface area contributed by atoms with Crippen molar-refractivity contribution in [2.45, 2.75) is 315 Å². The zero-order valence-electron chi connectivity index (χ0n) is 35.9. The maximum Gasteiger partial charge on any atom is 0.119 e. The van der Waals surface area contributed by atoms with Crippen molar-refractivity contribution in [1.82, 2.24) is 0 Å². The van der Waals surface area contributed by atoms with E-state index in [9.17, 15) is 4.79 Å². The molecule has 0 saturated carbocycles. The average molecular weight is 717 g/mol. The fourth-order valence-corrected chi connectivity index (χ4v) is 8.26. The SMILES string of the molecule is CCCCCCCCCCCCCCCCCCCCCCCCCCCCCCCCCCCCCCCCCCCCCCCCCC=O. The van der Waals surface area contributed by atoms with Crippen LogP contribution in [-0.4, -0.2) is 6.29 Å². The van der Waals surface area contributed by atoms with Gasteiger partial charge in [0.25, 0.3) is 0 Å². The Balaban J connectivity index is 3.04. The third-order valence-electron chi connectivity index (χ3n) is 11.9. The molecule has 0 aromatic heterocycles. The van der Waals surface area contributed by atoms with Gasteiger partial charge in [0.15, 0.2) is 0 Å². The zero-order chi connectivity index (χ0) is 36.6. The Labute approximate surface area is 325 Å². The minimum atomic E-state index is 0.764. The molecule has 1 nitrogen and oxygen atoms in total. The van der Waals surface area contributed by atoms with Crippen molar-refractivity contribution in [3.8, 4) is 0 Å². The van der Waals surface area contributed by atoms with Crippen molar-refractivity contribution in [3.05, 3.63) is 0 Å². The highest BCUT2D eigenvalue weighted by molar-refractivity contribution is 5.48. The first-order valence-electron chi connectivity index (χ1n) is 24.9. The molecule has 51 heavy (non-hydrogen) atoms. The van der Waals surface area contributed by atoms with Gasteiger partial charge in [0.1, 0.15) is 6.29 Å². The van der Waals surface area contributed by atoms with Gasteiger partial charge in [0.05, 0.1) is 0 Å². The minimum absolute atomic E-state index is 0.764. The summed E-state index contributed by atoms with van der Waals surface area (Å²) in [5.74, 6) is 0. The number of hydrogen-bond acceptors (Lipinski definition) is 1. The van der Waals surface area contributed by atoms with Crippen LogP contribution in [0, 0.1) is 0 Å². The predicted octanol–water partition coefficient (Wildman–Crippen LogP) is 18.9. The molecule has 0 aliphatic carbocycles. The van der Waals surface area contributed by atoms with E-state index in [1.165, 1.54) is 295 Å². The topological polar surface area (TPSA) is 17.1 Å². The van der Waals surface area contributed by atoms with Crippen molar-refractivity contribution < 1.29 is 4.79 Å². The maximum absolute atomic E-state index is 10.3. The maximum atomic E-state index is 10.3. The Hall–Kier alpha value is -0.330. The molecule has 0 rings (SSSR count). The lowest BCUT2D eigenvalue weighted by Crippen LogP contribution is -1.85. The summed E-state index contributed by atoms with van der Waals surface area (Å²) in [5, 5.41) is 0. The van der Waals surface area contributed by atoms with E-state index in [1.807, 2.05) is 0 Å². The van der Waals surface area contributed by atoms with Gasteiger partial charge in [-0.05, 0) is 6.42 Å². The average Bonchev–Trinajstić information content (AvgIpc) is 3.14. The van der Waals surface area contributed by atoms with Crippen molar-refractivity contribution >= 4 is 6.29 Å². The van der Waals surface area contributed by atoms with Gasteiger partial charge in [-0.15, -0.1) is 0 Å². The number of unbranched alkanes of at least 4 members (excludes halogenated alkanes) is 47. The van der Waals surface area contributed by atoms with Gasteiger partial charge in [0.2, 0.25) is 0 Å². The summed E-state index contributed by atoms with van der Waals surface area (Å²) in [6, 6.07) is 0. The molecular weight excluding hydrogens is 617 g/mol. The van der Waals surface area contributed by atoms with Crippen molar-refractivity contribution in [2.75, 3.05) is 0 Å². The van der Waals surface area contributed by atoms with Gasteiger partial charge >= 0.3 is 0 Å². The molecule has 0 aromatic carbocycles. The lowest BCUT2D eigenvalue weighted by Gasteiger charge is -2.05. The molecule has 0 N–H and O–H groups in total. The molecule has 0 spiro atoms. The van der Waals surface area contributed by atoms with Gasteiger partial charge in [-0.25, -0.2) is 0 Å². The van der Waals surface area contributed by atoms with E-state index in [0.717, 1.165) is 19.1 Å². The smallest absolute Gasteiger partial charge is 0.119 e. The molecule has 0 aliphatic rings. The normalized spacial score (nSPS) is 11.5. The molecule has 0 bridgehead atoms. The van der Waals surface area contributed by atoms with E-state index in [0.29, 0.717) is 0 Å². The summed E-state index contributed by atoms with van der Waals surface area (Å²) >= 11 is 0. The zero-order valence-corrected chi connectivity index (χ0v) is 35.9. The summed E-state index contributed by atoms with van der Waals surface area (Å²) in [6.45, 7) is 2.31. The molecule has 0 heterocycles. The van der Waals surface area contributed by atoms with E-state index < -0.39 is 0 Å². The number of carbonyl (C=O) groups excluding carboxylic acids is 1. The van der Waals surface area contributed by atoms with Crippen molar-refractivity contribution in [3.63, 3.8) is 0 Å². The monoisotopic (exact) mass is 717 g/mol. The van der Waals surface area contributed by atoms with Crippen LogP contribution in [0.25, 0.3) is 0 Å². The predicted molar refractivity (Wildman–Crippen MR) is 233 cm³/mol. The number of hydrogen-bond donors (Lipinski definition) is 0. The first kappa shape index (κ1) is 50.7. The molecule has 306 valence electrons. The molecule has 0 atom stereocenters. The first-order chi connectivity index (χ1) is 25.4. The van der Waals surface area contributed by atoms with Gasteiger partial charge in [-0.2, -0.15) is 0 Å². The van der Waals surface area contributed by atoms with E-state index in [4.69, 9.17) is 0 Å². The number of rotatable bonds is 48. The third kappa shape index (κ3) is 49.7. The standard InChI is InChI=1S/C50H100O/c1-2-3-4-5-6-7-8-9-10-11-12-13-14-15-16-17-18-19-20-21-22-23-24-25-26-27-28-29-30-31-32-33-34-35-36-37-38-39-40-41-42-43-44-45-46-47-48-49-50-51/h50H,2-49H2,1H3. The van der Waals surface area contributed by atoms with Crippen LogP contribution in [-0.2, 0) is 4.79 Å². The first-order valence-corrected chi connectivity index (χ1v) is 24.9. The fourth-order valence-electron chi connectivity index (χ4n) is 8.26. The van der Waals surface area contributed by atoms with Gasteiger partial charge in [-0.1, -0.05) is 302 Å². The van der Waals surface area contributed by atoms with Crippen LogP contribution in [0.3, 0.4) is 0 Å². The highest BCUT2D eigenvalue weighted by Gasteiger charge is 1.99. The Bertz CT molecular complexity index is 584. The molecular formula is C50H100O. The Kier molecular flexibility index (Phi) is 49.3. The van der Waals surface area contributed by atoms with Crippen LogP contribution in [0.5, 0.6) is 0 Å². The van der Waals surface area contributed by atoms with E-state index >= 15 is 0 Å². The second-order valence-corrected chi connectivity index (χ2v) is 17.2. The molecule has 0 fully saturated rings. The third-order valence-corrected chi connectivity index (χ3v) is 11.9. The van der Waals surface area contributed by atoms with Crippen LogP contribution in [0.2, 0.25) is 0 Å². The van der Waals surface area contributed by atoms with Crippen LogP contribution in [0.15, 0.2) is 0 Å². The molecule has 1 heteroatoms. The molecule has 0 amide bonds. The Morgan fingerprint density at radius 2 is 0.314 bits per heavy atom. The lowest BCUT2D eigenvalue weighted by atomic mass is 10.0. The Morgan fingerprint density at radius 1 is 0.196 bits per heavy atom. The van der Waals surface area contributed by atoms with Crippen molar-refractivity contribution in [1.29, 1.82) is 0 Å². The fraction of sp³-hybridized carbons (Fsp3) is 0.980. The van der Waals surface area contributed by atoms with Crippen LogP contribution in [0.4, 0.5) is 0 Å². The Morgan fingerprint density at radius 3 is 0.431 bits per heavy atom. The summed E-state index contributed by atoms with van der Waals surface area (Å²) in [4.78, 5) is 10.3. The summed E-state index contributed by atoms with van der Waals surface area (Å²) in [7, 11) is 0. The van der Waals surface area contributed by atoms with Gasteiger partial charge < -0.3 is 4.79 Å². The summed E-state index contributed by atoms with van der Waals surface area (Å²) in [5.41, 5.74) is 0. The summed E-state index contributed by atoms with van der Waals surface area (Å²) < 4.78 is 0. The van der Waals surface area contributed by atoms with E-state index in [2.05, 4.69) is 6.92 Å². The lowest BCUT2D eigenvalue weighted by molar-refractivity contribution is -0.107. The van der Waals surface area contributed by atoms with Crippen LogP contribution < -0.4 is 0 Å². The number of carbonyl (C=O) groups is 1. The molecule has 0 unspecified atom stereocenters. The highest BCUT2D eigenvalue weighted by Crippen LogP contribution is 2.18. The minimum Gasteiger partial charge on any atom is -0.303 e. The second-order valence-electron chi connectivity index (χ2n) is 17.2. The molecule has 0 radical (unpaired) electrons. The van der Waals surface area contributed by atoms with Crippen LogP contribution >= 0.6 is 0 Å². The van der Waals surface area contributed by atoms with E-state index in [-0.39, 0.29) is 0 Å². The van der Waals surface area contributed by atoms with Crippen LogP contribution in [0.1, 0.15) is 315 Å². The molecule has 0 aliphatic heterocycles. The van der Waals surface area contributed by atoms with E-state index in [1.54, 1.807) is 0 Å². The second kappa shape index (κ2) is 49.7. The van der Waals surface area contributed by atoms with Gasteiger partial charge in [-0.3, -0.25) is 0 Å². The largest absolute Gasteiger partial charge is 0.303 e. The van der Waals surface area contributed by atoms with Crippen molar-refractivity contribution in [2.24, 2.45) is 0 Å². The quantitative estimate of drug-likeness (QED) is 0.0452. The summed E-state index contributed by atoms with van der Waals surface area (Å²) in [6.07, 6.45) is 70.4. The molecule has 0 aromatic rings. The molecule has 0 saturated heterocycles. The van der Waals surface area contributed by atoms with Gasteiger partial charge in [0, 0.05) is 6.42 Å². The highest BCUT2D eigenvalue weighted by atomic mass is 16.1. The number of aldehydes is 1.